The second kappa shape index (κ2) is 11.3. The van der Waals surface area contributed by atoms with Crippen molar-refractivity contribution in [2.45, 2.75) is 26.1 Å². The number of halogens is 4. The third-order valence-electron chi connectivity index (χ3n) is 3.43. The smallest absolute Gasteiger partial charge is 0.419 e. The molecule has 0 saturated heterocycles. The van der Waals surface area contributed by atoms with Crippen molar-refractivity contribution in [1.82, 2.24) is 15.6 Å². The zero-order chi connectivity index (χ0) is 19.0. The molecule has 150 valence electrons. The molecule has 0 amide bonds. The van der Waals surface area contributed by atoms with Gasteiger partial charge in [0.1, 0.15) is 17.4 Å². The predicted octanol–water partition coefficient (Wildman–Crippen LogP) is 4.09. The maximum Gasteiger partial charge on any atom is 0.419 e. The quantitative estimate of drug-likeness (QED) is 0.253. The molecular weight excluding hydrogens is 492 g/mol. The monoisotopic (exact) mass is 514 g/mol. The average Bonchev–Trinajstić information content (AvgIpc) is 3.08. The molecule has 10 heteroatoms. The number of aliphatic imine (C=N–C) groups is 1. The van der Waals surface area contributed by atoms with Crippen LogP contribution in [0, 0.1) is 0 Å². The Hall–Kier alpha value is -1.56. The zero-order valence-electron chi connectivity index (χ0n) is 15.0. The summed E-state index contributed by atoms with van der Waals surface area (Å²) >= 11 is 1.63. The molecule has 0 spiro atoms. The van der Waals surface area contributed by atoms with Crippen LogP contribution in [0.1, 0.15) is 22.4 Å². The largest absolute Gasteiger partial charge is 0.491 e. The molecule has 2 N–H and O–H groups in total. The molecule has 0 saturated carbocycles. The van der Waals surface area contributed by atoms with Crippen LogP contribution in [0.4, 0.5) is 13.2 Å². The van der Waals surface area contributed by atoms with E-state index in [1.807, 2.05) is 6.20 Å². The number of thiazole rings is 1. The number of aryl methyl sites for hydroxylation is 1. The lowest BCUT2D eigenvalue weighted by molar-refractivity contribution is -0.138. The van der Waals surface area contributed by atoms with Gasteiger partial charge >= 0.3 is 6.18 Å². The first-order chi connectivity index (χ1) is 12.4. The van der Waals surface area contributed by atoms with Crippen molar-refractivity contribution in [3.8, 4) is 5.75 Å². The van der Waals surface area contributed by atoms with Crippen LogP contribution in [0.5, 0.6) is 5.75 Å². The maximum atomic E-state index is 12.9. The Kier molecular flexibility index (Phi) is 9.84. The molecule has 0 bridgehead atoms. The number of benzene rings is 1. The van der Waals surface area contributed by atoms with E-state index in [-0.39, 0.29) is 36.3 Å². The Labute approximate surface area is 177 Å². The van der Waals surface area contributed by atoms with Crippen LogP contribution < -0.4 is 15.4 Å². The number of guanidine groups is 1. The van der Waals surface area contributed by atoms with Gasteiger partial charge in [0, 0.05) is 18.1 Å². The SMILES string of the molecule is CCc1cnc(CNC(=NC)NCCOc2ccccc2C(F)(F)F)s1.I. The zero-order valence-corrected chi connectivity index (χ0v) is 18.1. The van der Waals surface area contributed by atoms with E-state index in [1.54, 1.807) is 18.4 Å². The molecule has 5 nitrogen and oxygen atoms in total. The highest BCUT2D eigenvalue weighted by Crippen LogP contribution is 2.35. The second-order valence-corrected chi connectivity index (χ2v) is 6.47. The van der Waals surface area contributed by atoms with Crippen molar-refractivity contribution >= 4 is 41.3 Å². The fourth-order valence-corrected chi connectivity index (χ4v) is 2.93. The van der Waals surface area contributed by atoms with E-state index in [2.05, 4.69) is 27.5 Å². The fourth-order valence-electron chi connectivity index (χ4n) is 2.13. The van der Waals surface area contributed by atoms with Crippen LogP contribution in [0.15, 0.2) is 35.5 Å². The van der Waals surface area contributed by atoms with E-state index in [0.717, 1.165) is 17.5 Å². The molecule has 1 aromatic heterocycles. The predicted molar refractivity (Wildman–Crippen MR) is 112 cm³/mol. The minimum absolute atomic E-state index is 0. The number of rotatable bonds is 7. The number of alkyl halides is 3. The van der Waals surface area contributed by atoms with Crippen molar-refractivity contribution in [2.24, 2.45) is 4.99 Å². The highest BCUT2D eigenvalue weighted by Gasteiger charge is 2.33. The molecule has 1 aromatic carbocycles. The molecule has 2 aromatic rings. The van der Waals surface area contributed by atoms with Crippen molar-refractivity contribution in [3.63, 3.8) is 0 Å². The first-order valence-electron chi connectivity index (χ1n) is 8.11. The van der Waals surface area contributed by atoms with Crippen LogP contribution in [-0.4, -0.2) is 31.1 Å². The van der Waals surface area contributed by atoms with Crippen molar-refractivity contribution in [3.05, 3.63) is 45.9 Å². The third-order valence-corrected chi connectivity index (χ3v) is 4.57. The van der Waals surface area contributed by atoms with Crippen molar-refractivity contribution < 1.29 is 17.9 Å². The number of aromatic nitrogens is 1. The van der Waals surface area contributed by atoms with Crippen LogP contribution >= 0.6 is 35.3 Å². The first kappa shape index (κ1) is 23.5. The molecule has 0 radical (unpaired) electrons. The summed E-state index contributed by atoms with van der Waals surface area (Å²) < 4.78 is 44.0. The lowest BCUT2D eigenvalue weighted by Crippen LogP contribution is -2.38. The summed E-state index contributed by atoms with van der Waals surface area (Å²) in [6, 6.07) is 5.16. The third kappa shape index (κ3) is 7.53. The van der Waals surface area contributed by atoms with E-state index >= 15 is 0 Å². The molecule has 2 rings (SSSR count). The number of nitrogens with one attached hydrogen (secondary N) is 2. The fraction of sp³-hybridized carbons (Fsp3) is 0.412. The summed E-state index contributed by atoms with van der Waals surface area (Å²) in [5.41, 5.74) is -0.780. The van der Waals surface area contributed by atoms with E-state index in [9.17, 15) is 13.2 Å². The summed E-state index contributed by atoms with van der Waals surface area (Å²) in [5, 5.41) is 7.05. The van der Waals surface area contributed by atoms with E-state index in [1.165, 1.54) is 23.1 Å². The molecule has 0 aliphatic heterocycles. The average molecular weight is 514 g/mol. The normalized spacial score (nSPS) is 11.7. The Balaban J connectivity index is 0.00000364. The van der Waals surface area contributed by atoms with E-state index in [4.69, 9.17) is 4.74 Å². The van der Waals surface area contributed by atoms with Crippen molar-refractivity contribution in [1.29, 1.82) is 0 Å². The summed E-state index contributed by atoms with van der Waals surface area (Å²) in [7, 11) is 1.62. The van der Waals surface area contributed by atoms with Gasteiger partial charge in [0.2, 0.25) is 0 Å². The van der Waals surface area contributed by atoms with Crippen molar-refractivity contribution in [2.75, 3.05) is 20.2 Å². The Morgan fingerprint density at radius 2 is 2.00 bits per heavy atom. The summed E-state index contributed by atoms with van der Waals surface area (Å²) in [4.78, 5) is 9.58. The Morgan fingerprint density at radius 1 is 1.26 bits per heavy atom. The van der Waals surface area contributed by atoms with Crippen LogP contribution in [0.2, 0.25) is 0 Å². The number of hydrogen-bond acceptors (Lipinski definition) is 4. The summed E-state index contributed by atoms with van der Waals surface area (Å²) in [6.07, 6.45) is -1.64. The van der Waals surface area contributed by atoms with Gasteiger partial charge in [-0.3, -0.25) is 4.99 Å². The maximum absolute atomic E-state index is 12.9. The van der Waals surface area contributed by atoms with Gasteiger partial charge in [0.15, 0.2) is 5.96 Å². The van der Waals surface area contributed by atoms with Gasteiger partial charge < -0.3 is 15.4 Å². The van der Waals surface area contributed by atoms with Gasteiger partial charge in [-0.1, -0.05) is 19.1 Å². The summed E-state index contributed by atoms with van der Waals surface area (Å²) in [6.45, 7) is 2.99. The molecule has 0 unspecified atom stereocenters. The molecule has 0 aliphatic carbocycles. The number of para-hydroxylation sites is 1. The standard InChI is InChI=1S/C17H21F3N4OS.HI/c1-3-12-10-23-15(26-12)11-24-16(21-2)22-8-9-25-14-7-5-4-6-13(14)17(18,19)20;/h4-7,10H,3,8-9,11H2,1-2H3,(H2,21,22,24);1H. The summed E-state index contributed by atoms with van der Waals surface area (Å²) in [5.74, 6) is 0.352. The van der Waals surface area contributed by atoms with Gasteiger partial charge in [-0.15, -0.1) is 35.3 Å². The van der Waals surface area contributed by atoms with Crippen LogP contribution in [0.3, 0.4) is 0 Å². The second-order valence-electron chi connectivity index (χ2n) is 5.27. The first-order valence-corrected chi connectivity index (χ1v) is 8.92. The number of hydrogen-bond donors (Lipinski definition) is 2. The van der Waals surface area contributed by atoms with Gasteiger partial charge in [-0.25, -0.2) is 4.98 Å². The number of nitrogens with zero attached hydrogens (tertiary/aromatic N) is 2. The van der Waals surface area contributed by atoms with Crippen LogP contribution in [0.25, 0.3) is 0 Å². The molecule has 0 fully saturated rings. The lowest BCUT2D eigenvalue weighted by Gasteiger charge is -2.15. The molecule has 1 heterocycles. The lowest BCUT2D eigenvalue weighted by atomic mass is 10.2. The van der Waals surface area contributed by atoms with Gasteiger partial charge in [-0.2, -0.15) is 13.2 Å². The number of ether oxygens (including phenoxy) is 1. The molecular formula is C17H22F3IN4OS. The minimum atomic E-state index is -4.44. The highest BCUT2D eigenvalue weighted by molar-refractivity contribution is 14.0. The molecule has 27 heavy (non-hydrogen) atoms. The van der Waals surface area contributed by atoms with Gasteiger partial charge in [0.05, 0.1) is 18.7 Å². The van der Waals surface area contributed by atoms with E-state index in [0.29, 0.717) is 19.0 Å². The Bertz CT molecular complexity index is 737. The van der Waals surface area contributed by atoms with Crippen LogP contribution in [-0.2, 0) is 19.1 Å². The van der Waals surface area contributed by atoms with Gasteiger partial charge in [-0.05, 0) is 18.6 Å². The van der Waals surface area contributed by atoms with E-state index < -0.39 is 11.7 Å². The topological polar surface area (TPSA) is 58.5 Å². The highest BCUT2D eigenvalue weighted by atomic mass is 127. The molecule has 0 aliphatic rings. The minimum Gasteiger partial charge on any atom is -0.491 e. The Morgan fingerprint density at radius 3 is 2.63 bits per heavy atom. The molecule has 0 atom stereocenters. The van der Waals surface area contributed by atoms with Gasteiger partial charge in [0.25, 0.3) is 0 Å².